The van der Waals surface area contributed by atoms with Crippen LogP contribution in [0.2, 0.25) is 0 Å². The van der Waals surface area contributed by atoms with Crippen LogP contribution in [0, 0.1) is 26.7 Å². The van der Waals surface area contributed by atoms with E-state index in [4.69, 9.17) is 11.6 Å². The third-order valence-electron chi connectivity index (χ3n) is 3.24. The first-order valence-electron chi connectivity index (χ1n) is 6.38. The van der Waals surface area contributed by atoms with Crippen molar-refractivity contribution in [2.24, 2.45) is 5.92 Å². The molecule has 1 nitrogen and oxygen atoms in total. The third-order valence-corrected chi connectivity index (χ3v) is 3.46. The Labute approximate surface area is 111 Å². The van der Waals surface area contributed by atoms with Crippen molar-refractivity contribution < 1.29 is 0 Å². The summed E-state index contributed by atoms with van der Waals surface area (Å²) in [4.78, 5) is 0. The summed E-state index contributed by atoms with van der Waals surface area (Å²) in [5.41, 5.74) is 5.56. The number of benzene rings is 1. The molecule has 1 rings (SSSR count). The van der Waals surface area contributed by atoms with E-state index in [1.54, 1.807) is 0 Å². The topological polar surface area (TPSA) is 12.0 Å². The van der Waals surface area contributed by atoms with Crippen LogP contribution in [-0.2, 0) is 6.54 Å². The molecule has 0 amide bonds. The maximum atomic E-state index is 5.73. The molecule has 1 aromatic carbocycles. The van der Waals surface area contributed by atoms with Crippen molar-refractivity contribution >= 4 is 11.6 Å². The second-order valence-corrected chi connectivity index (χ2v) is 5.47. The van der Waals surface area contributed by atoms with Gasteiger partial charge < -0.3 is 5.32 Å². The molecule has 2 heteroatoms. The summed E-state index contributed by atoms with van der Waals surface area (Å²) >= 11 is 5.73. The van der Waals surface area contributed by atoms with Crippen molar-refractivity contribution in [2.45, 2.75) is 40.7 Å². The number of nitrogens with one attached hydrogen (secondary N) is 1. The molecule has 0 saturated carbocycles. The first kappa shape index (κ1) is 14.5. The Kier molecular flexibility index (Phi) is 6.01. The number of hydrogen-bond acceptors (Lipinski definition) is 1. The first-order valence-corrected chi connectivity index (χ1v) is 6.91. The predicted octanol–water partition coefficient (Wildman–Crippen LogP) is 3.97. The SMILES string of the molecule is Cc1cc(C)c(CNCC(C)CCCl)c(C)c1. The van der Waals surface area contributed by atoms with Gasteiger partial charge in [0.25, 0.3) is 0 Å². The Bertz CT molecular complexity index is 337. The maximum Gasteiger partial charge on any atom is 0.0226 e. The highest BCUT2D eigenvalue weighted by atomic mass is 35.5. The van der Waals surface area contributed by atoms with Crippen molar-refractivity contribution in [3.8, 4) is 0 Å². The highest BCUT2D eigenvalue weighted by Gasteiger charge is 2.05. The average Bonchev–Trinajstić information content (AvgIpc) is 2.22. The van der Waals surface area contributed by atoms with Crippen molar-refractivity contribution in [3.63, 3.8) is 0 Å². The number of hydrogen-bond donors (Lipinski definition) is 1. The van der Waals surface area contributed by atoms with Gasteiger partial charge in [-0.3, -0.25) is 0 Å². The van der Waals surface area contributed by atoms with E-state index in [2.05, 4.69) is 45.1 Å². The van der Waals surface area contributed by atoms with E-state index >= 15 is 0 Å². The van der Waals surface area contributed by atoms with Gasteiger partial charge in [-0.2, -0.15) is 0 Å². The summed E-state index contributed by atoms with van der Waals surface area (Å²) in [6.07, 6.45) is 1.08. The van der Waals surface area contributed by atoms with Gasteiger partial charge in [-0.15, -0.1) is 11.6 Å². The van der Waals surface area contributed by atoms with Crippen LogP contribution in [0.1, 0.15) is 35.6 Å². The van der Waals surface area contributed by atoms with Crippen molar-refractivity contribution in [1.82, 2.24) is 5.32 Å². The van der Waals surface area contributed by atoms with Crippen molar-refractivity contribution in [2.75, 3.05) is 12.4 Å². The molecule has 0 radical (unpaired) electrons. The van der Waals surface area contributed by atoms with Gasteiger partial charge in [-0.1, -0.05) is 24.6 Å². The Morgan fingerprint density at radius 3 is 2.29 bits per heavy atom. The van der Waals surface area contributed by atoms with Crippen LogP contribution in [-0.4, -0.2) is 12.4 Å². The molecule has 0 saturated heterocycles. The number of aryl methyl sites for hydroxylation is 3. The van der Waals surface area contributed by atoms with E-state index < -0.39 is 0 Å². The molecule has 0 aromatic heterocycles. The Balaban J connectivity index is 2.52. The van der Waals surface area contributed by atoms with Crippen LogP contribution in [0.3, 0.4) is 0 Å². The lowest BCUT2D eigenvalue weighted by atomic mass is 9.99. The molecule has 0 aliphatic carbocycles. The molecule has 1 atom stereocenters. The molecule has 0 heterocycles. The second-order valence-electron chi connectivity index (χ2n) is 5.09. The van der Waals surface area contributed by atoms with Gasteiger partial charge in [0.15, 0.2) is 0 Å². The smallest absolute Gasteiger partial charge is 0.0226 e. The molecule has 0 bridgehead atoms. The summed E-state index contributed by atoms with van der Waals surface area (Å²) in [5, 5.41) is 3.53. The molecule has 1 aromatic rings. The molecule has 0 aliphatic heterocycles. The molecular formula is C15H24ClN. The molecule has 0 spiro atoms. The van der Waals surface area contributed by atoms with E-state index in [1.165, 1.54) is 22.3 Å². The van der Waals surface area contributed by atoms with E-state index in [0.717, 1.165) is 25.4 Å². The fourth-order valence-corrected chi connectivity index (χ4v) is 2.59. The summed E-state index contributed by atoms with van der Waals surface area (Å²) in [7, 11) is 0. The van der Waals surface area contributed by atoms with Crippen LogP contribution in [0.4, 0.5) is 0 Å². The number of rotatable bonds is 6. The standard InChI is InChI=1S/C15H24ClN/c1-11(5-6-16)9-17-10-15-13(3)7-12(2)8-14(15)4/h7-8,11,17H,5-6,9-10H2,1-4H3. The van der Waals surface area contributed by atoms with E-state index in [1.807, 2.05) is 0 Å². The van der Waals surface area contributed by atoms with Gasteiger partial charge in [0.2, 0.25) is 0 Å². The quantitative estimate of drug-likeness (QED) is 0.757. The minimum atomic E-state index is 0.651. The largest absolute Gasteiger partial charge is 0.312 e. The average molecular weight is 254 g/mol. The van der Waals surface area contributed by atoms with Crippen molar-refractivity contribution in [3.05, 3.63) is 34.4 Å². The van der Waals surface area contributed by atoms with Gasteiger partial charge in [0, 0.05) is 12.4 Å². The summed E-state index contributed by atoms with van der Waals surface area (Å²) in [5.74, 6) is 1.41. The summed E-state index contributed by atoms with van der Waals surface area (Å²) in [6.45, 7) is 10.8. The fourth-order valence-electron chi connectivity index (χ4n) is 2.22. The molecule has 1 N–H and O–H groups in total. The molecule has 0 aliphatic rings. The van der Waals surface area contributed by atoms with E-state index in [0.29, 0.717) is 5.92 Å². The van der Waals surface area contributed by atoms with Gasteiger partial charge in [0.05, 0.1) is 0 Å². The number of halogens is 1. The van der Waals surface area contributed by atoms with Crippen LogP contribution < -0.4 is 5.32 Å². The van der Waals surface area contributed by atoms with Crippen LogP contribution in [0.15, 0.2) is 12.1 Å². The van der Waals surface area contributed by atoms with Crippen LogP contribution >= 0.6 is 11.6 Å². The fraction of sp³-hybridized carbons (Fsp3) is 0.600. The first-order chi connectivity index (χ1) is 8.04. The van der Waals surface area contributed by atoms with Gasteiger partial charge in [-0.05, 0) is 56.3 Å². The van der Waals surface area contributed by atoms with Gasteiger partial charge >= 0.3 is 0 Å². The second kappa shape index (κ2) is 7.03. The van der Waals surface area contributed by atoms with Gasteiger partial charge in [0.1, 0.15) is 0 Å². The van der Waals surface area contributed by atoms with Crippen LogP contribution in [0.5, 0.6) is 0 Å². The summed E-state index contributed by atoms with van der Waals surface area (Å²) < 4.78 is 0. The molecule has 17 heavy (non-hydrogen) atoms. The highest BCUT2D eigenvalue weighted by Crippen LogP contribution is 2.16. The Morgan fingerprint density at radius 1 is 1.18 bits per heavy atom. The molecular weight excluding hydrogens is 230 g/mol. The van der Waals surface area contributed by atoms with Crippen LogP contribution in [0.25, 0.3) is 0 Å². The predicted molar refractivity (Wildman–Crippen MR) is 76.9 cm³/mol. The zero-order valence-corrected chi connectivity index (χ0v) is 12.2. The lowest BCUT2D eigenvalue weighted by Crippen LogP contribution is -2.22. The lowest BCUT2D eigenvalue weighted by Gasteiger charge is -2.15. The Hall–Kier alpha value is -0.530. The molecule has 96 valence electrons. The molecule has 1 unspecified atom stereocenters. The highest BCUT2D eigenvalue weighted by molar-refractivity contribution is 6.17. The van der Waals surface area contributed by atoms with E-state index in [9.17, 15) is 0 Å². The minimum Gasteiger partial charge on any atom is -0.312 e. The number of alkyl halides is 1. The molecule has 0 fully saturated rings. The summed E-state index contributed by atoms with van der Waals surface area (Å²) in [6, 6.07) is 4.51. The Morgan fingerprint density at radius 2 is 1.76 bits per heavy atom. The third kappa shape index (κ3) is 4.69. The van der Waals surface area contributed by atoms with Crippen molar-refractivity contribution in [1.29, 1.82) is 0 Å². The lowest BCUT2D eigenvalue weighted by molar-refractivity contribution is 0.501. The zero-order valence-electron chi connectivity index (χ0n) is 11.4. The van der Waals surface area contributed by atoms with E-state index in [-0.39, 0.29) is 0 Å². The normalized spacial score (nSPS) is 12.8. The monoisotopic (exact) mass is 253 g/mol. The van der Waals surface area contributed by atoms with Gasteiger partial charge in [-0.25, -0.2) is 0 Å². The minimum absolute atomic E-state index is 0.651. The zero-order chi connectivity index (χ0) is 12.8. The maximum absolute atomic E-state index is 5.73.